The second-order valence-corrected chi connectivity index (χ2v) is 11.6. The Kier molecular flexibility index (Phi) is 12.0. The molecule has 0 unspecified atom stereocenters. The zero-order valence-electron chi connectivity index (χ0n) is 21.5. The fourth-order valence-corrected chi connectivity index (χ4v) is 7.08. The second-order valence-electron chi connectivity index (χ2n) is 9.34. The highest BCUT2D eigenvalue weighted by atomic mass is 35.5. The topological polar surface area (TPSA) is 132 Å². The Balaban J connectivity index is 0.00000253. The van der Waals surface area contributed by atoms with Gasteiger partial charge in [-0.05, 0) is 43.4 Å². The van der Waals surface area contributed by atoms with Gasteiger partial charge in [-0.25, -0.2) is 28.8 Å². The molecule has 4 rings (SSSR count). The fraction of sp³-hybridized carbons (Fsp3) is 0.583. The number of carbonyl (C=O) groups is 1. The molecule has 2 aromatic heterocycles. The number of carbonyl (C=O) groups excluding carboxylic acids is 1. The maximum Gasteiger partial charge on any atom is 0.266 e. The van der Waals surface area contributed by atoms with E-state index in [-0.39, 0.29) is 63.8 Å². The van der Waals surface area contributed by atoms with Gasteiger partial charge in [0, 0.05) is 57.9 Å². The van der Waals surface area contributed by atoms with Gasteiger partial charge in [0.05, 0.1) is 0 Å². The van der Waals surface area contributed by atoms with E-state index >= 15 is 0 Å². The van der Waals surface area contributed by atoms with Crippen molar-refractivity contribution in [2.45, 2.75) is 50.2 Å². The molecule has 38 heavy (non-hydrogen) atoms. The van der Waals surface area contributed by atoms with Gasteiger partial charge in [0.1, 0.15) is 5.82 Å². The Bertz CT molecular complexity index is 1110. The summed E-state index contributed by atoms with van der Waals surface area (Å²) in [7, 11) is -4.04. The highest BCUT2D eigenvalue weighted by molar-refractivity contribution is 7.91. The lowest BCUT2D eigenvalue weighted by molar-refractivity contribution is -0.132. The maximum atomic E-state index is 13.8. The van der Waals surface area contributed by atoms with Crippen LogP contribution in [0.3, 0.4) is 0 Å². The minimum atomic E-state index is -4.04. The number of nitrogens with one attached hydrogen (secondary N) is 1. The summed E-state index contributed by atoms with van der Waals surface area (Å²) >= 11 is 0. The molecule has 14 heteroatoms. The molecule has 0 bridgehead atoms. The first kappa shape index (κ1) is 32.0. The molecule has 0 saturated carbocycles. The summed E-state index contributed by atoms with van der Waals surface area (Å²) in [6, 6.07) is 5.79. The van der Waals surface area contributed by atoms with Crippen LogP contribution in [-0.4, -0.2) is 82.8 Å². The molecule has 11 nitrogen and oxygen atoms in total. The molecular weight excluding hydrogens is 553 g/mol. The molecule has 2 aliphatic rings. The minimum absolute atomic E-state index is 0. The lowest BCUT2D eigenvalue weighted by atomic mass is 9.95. The Morgan fingerprint density at radius 2 is 1.63 bits per heavy atom. The monoisotopic (exact) mass is 589 g/mol. The largest absolute Gasteiger partial charge is 0.354 e. The number of aromatic nitrogens is 3. The number of hydroxylamine groups is 1. The van der Waals surface area contributed by atoms with Crippen LogP contribution in [0.5, 0.6) is 0 Å². The number of hydrogen-bond donors (Lipinski definition) is 2. The molecular formula is C24H37Cl2N7O4S. The van der Waals surface area contributed by atoms with Crippen molar-refractivity contribution < 1.29 is 18.4 Å². The number of halogens is 2. The Morgan fingerprint density at radius 1 is 0.974 bits per heavy atom. The van der Waals surface area contributed by atoms with Gasteiger partial charge in [-0.3, -0.25) is 10.0 Å². The Labute approximate surface area is 236 Å². The number of piperazine rings is 1. The maximum absolute atomic E-state index is 13.8. The predicted octanol–water partition coefficient (Wildman–Crippen LogP) is 2.44. The molecule has 2 fully saturated rings. The summed E-state index contributed by atoms with van der Waals surface area (Å²) in [4.78, 5) is 29.8. The predicted molar refractivity (Wildman–Crippen MR) is 151 cm³/mol. The molecule has 0 spiro atoms. The van der Waals surface area contributed by atoms with Gasteiger partial charge in [-0.1, -0.05) is 25.8 Å². The molecule has 2 aromatic rings. The van der Waals surface area contributed by atoms with Crippen molar-refractivity contribution in [2.24, 2.45) is 0 Å². The summed E-state index contributed by atoms with van der Waals surface area (Å²) in [5.41, 5.74) is 2.82. The van der Waals surface area contributed by atoms with Crippen molar-refractivity contribution in [2.75, 3.05) is 49.1 Å². The standard InChI is InChI=1S/C24H35N7O4S.2ClH/c1-2-3-4-6-20-7-8-21(27-19-20)29-15-17-31(18-16-29)36(34,35)24(22(32)28-33)9-13-30(14-10-24)23-25-11-5-12-26-23;;/h5,7-8,11-12,19,33H,2-4,6,9-10,13-18H2,1H3,(H,28,32);2*1H. The van der Waals surface area contributed by atoms with Crippen LogP contribution in [0.1, 0.15) is 44.6 Å². The van der Waals surface area contributed by atoms with Gasteiger partial charge in [0.25, 0.3) is 5.91 Å². The van der Waals surface area contributed by atoms with Gasteiger partial charge in [0.15, 0.2) is 4.75 Å². The lowest BCUT2D eigenvalue weighted by Gasteiger charge is -2.43. The molecule has 2 aliphatic heterocycles. The van der Waals surface area contributed by atoms with E-state index in [1.165, 1.54) is 22.7 Å². The molecule has 0 aliphatic carbocycles. The summed E-state index contributed by atoms with van der Waals surface area (Å²) in [6.45, 7) is 4.19. The fourth-order valence-electron chi connectivity index (χ4n) is 4.96. The number of hydrogen-bond acceptors (Lipinski definition) is 9. The first-order valence-electron chi connectivity index (χ1n) is 12.6. The van der Waals surface area contributed by atoms with Gasteiger partial charge < -0.3 is 9.80 Å². The van der Waals surface area contributed by atoms with Gasteiger partial charge in [0.2, 0.25) is 16.0 Å². The smallest absolute Gasteiger partial charge is 0.266 e. The van der Waals surface area contributed by atoms with E-state index in [9.17, 15) is 18.4 Å². The normalized spacial score (nSPS) is 17.7. The molecule has 4 heterocycles. The van der Waals surface area contributed by atoms with Crippen LogP contribution in [-0.2, 0) is 21.2 Å². The van der Waals surface area contributed by atoms with Crippen LogP contribution in [0.2, 0.25) is 0 Å². The van der Waals surface area contributed by atoms with Crippen molar-refractivity contribution in [1.82, 2.24) is 24.7 Å². The number of nitrogens with zero attached hydrogens (tertiary/aromatic N) is 6. The molecule has 0 aromatic carbocycles. The Morgan fingerprint density at radius 3 is 2.18 bits per heavy atom. The summed E-state index contributed by atoms with van der Waals surface area (Å²) in [5.74, 6) is 0.426. The molecule has 0 atom stereocenters. The van der Waals surface area contributed by atoms with Crippen molar-refractivity contribution in [1.29, 1.82) is 0 Å². The number of aryl methyl sites for hydroxylation is 1. The number of sulfonamides is 1. The third kappa shape index (κ3) is 6.66. The van der Waals surface area contributed by atoms with Crippen molar-refractivity contribution >= 4 is 52.5 Å². The van der Waals surface area contributed by atoms with Crippen LogP contribution in [0.15, 0.2) is 36.8 Å². The third-order valence-corrected chi connectivity index (χ3v) is 9.82. The quantitative estimate of drug-likeness (QED) is 0.257. The highest BCUT2D eigenvalue weighted by Gasteiger charge is 2.55. The zero-order valence-corrected chi connectivity index (χ0v) is 24.0. The number of piperidine rings is 1. The van der Waals surface area contributed by atoms with Gasteiger partial charge in [-0.2, -0.15) is 4.31 Å². The minimum Gasteiger partial charge on any atom is -0.354 e. The van der Waals surface area contributed by atoms with E-state index in [1.807, 2.05) is 17.2 Å². The number of amides is 1. The number of rotatable bonds is 9. The van der Waals surface area contributed by atoms with Crippen molar-refractivity contribution in [3.05, 3.63) is 42.4 Å². The zero-order chi connectivity index (χ0) is 25.6. The average Bonchev–Trinajstić information content (AvgIpc) is 2.93. The van der Waals surface area contributed by atoms with Crippen LogP contribution in [0, 0.1) is 0 Å². The molecule has 0 radical (unpaired) electrons. The van der Waals surface area contributed by atoms with Crippen LogP contribution < -0.4 is 15.3 Å². The van der Waals surface area contributed by atoms with E-state index in [2.05, 4.69) is 32.8 Å². The van der Waals surface area contributed by atoms with Crippen LogP contribution >= 0.6 is 24.8 Å². The Hall–Kier alpha value is -2.25. The van der Waals surface area contributed by atoms with E-state index in [0.29, 0.717) is 19.0 Å². The molecule has 1 amide bonds. The molecule has 2 N–H and O–H groups in total. The van der Waals surface area contributed by atoms with Crippen molar-refractivity contribution in [3.63, 3.8) is 0 Å². The molecule has 212 valence electrons. The summed E-state index contributed by atoms with van der Waals surface area (Å²) in [5, 5.41) is 9.44. The second kappa shape index (κ2) is 14.2. The number of unbranched alkanes of at least 4 members (excludes halogenated alkanes) is 2. The number of pyridine rings is 1. The molecule has 2 saturated heterocycles. The average molecular weight is 591 g/mol. The number of anilines is 2. The van der Waals surface area contributed by atoms with E-state index in [0.717, 1.165) is 18.7 Å². The van der Waals surface area contributed by atoms with E-state index in [1.54, 1.807) is 23.9 Å². The first-order valence-corrected chi connectivity index (χ1v) is 14.0. The van der Waals surface area contributed by atoms with Crippen LogP contribution in [0.4, 0.5) is 11.8 Å². The summed E-state index contributed by atoms with van der Waals surface area (Å²) < 4.78 is 27.2. The van der Waals surface area contributed by atoms with Gasteiger partial charge >= 0.3 is 0 Å². The highest BCUT2D eigenvalue weighted by Crippen LogP contribution is 2.35. The SMILES string of the molecule is CCCCCc1ccc(N2CCN(S(=O)(=O)C3(C(=O)NO)CCN(c4ncccn4)CC3)CC2)nc1.Cl.Cl. The van der Waals surface area contributed by atoms with Gasteiger partial charge in [-0.15, -0.1) is 24.8 Å². The van der Waals surface area contributed by atoms with E-state index in [4.69, 9.17) is 0 Å². The van der Waals surface area contributed by atoms with Crippen molar-refractivity contribution in [3.8, 4) is 0 Å². The van der Waals surface area contributed by atoms with Crippen LogP contribution in [0.25, 0.3) is 0 Å². The third-order valence-electron chi connectivity index (χ3n) is 7.20. The lowest BCUT2D eigenvalue weighted by Crippen LogP contribution is -2.63. The summed E-state index contributed by atoms with van der Waals surface area (Å²) in [6.07, 6.45) is 9.74. The van der Waals surface area contributed by atoms with E-state index < -0.39 is 20.7 Å². The first-order chi connectivity index (χ1) is 17.4.